The Morgan fingerprint density at radius 3 is 2.79 bits per heavy atom. The summed E-state index contributed by atoms with van der Waals surface area (Å²) in [4.78, 5) is 15.1. The Hall–Kier alpha value is -0.230. The van der Waals surface area contributed by atoms with E-state index in [0.29, 0.717) is 31.7 Å². The summed E-state index contributed by atoms with van der Waals surface area (Å²) in [5.74, 6) is 1.50. The summed E-state index contributed by atoms with van der Waals surface area (Å²) in [7, 11) is 0. The van der Waals surface area contributed by atoms with Crippen LogP contribution in [0.5, 0.6) is 0 Å². The fraction of sp³-hybridized carbons (Fsp3) is 0.615. The third kappa shape index (κ3) is 4.67. The summed E-state index contributed by atoms with van der Waals surface area (Å²) in [5.41, 5.74) is -0.600. The number of likely N-dealkylation sites (tertiary alicyclic amines) is 1. The van der Waals surface area contributed by atoms with Crippen molar-refractivity contribution in [3.8, 4) is 0 Å². The minimum atomic E-state index is -0.600. The number of carbonyl (C=O) groups is 1. The lowest BCUT2D eigenvalue weighted by molar-refractivity contribution is -0.132. The van der Waals surface area contributed by atoms with Gasteiger partial charge in [-0.2, -0.15) is 0 Å². The lowest BCUT2D eigenvalue weighted by Crippen LogP contribution is -2.45. The van der Waals surface area contributed by atoms with E-state index in [1.165, 1.54) is 4.88 Å². The van der Waals surface area contributed by atoms with Gasteiger partial charge < -0.3 is 10.0 Å². The van der Waals surface area contributed by atoms with E-state index in [9.17, 15) is 9.90 Å². The predicted molar refractivity (Wildman–Crippen MR) is 81.9 cm³/mol. The van der Waals surface area contributed by atoms with E-state index in [1.54, 1.807) is 23.1 Å². The van der Waals surface area contributed by atoms with E-state index in [1.807, 2.05) is 24.0 Å². The smallest absolute Gasteiger partial charge is 0.232 e. The topological polar surface area (TPSA) is 40.5 Å². The summed E-state index contributed by atoms with van der Waals surface area (Å²) in [5, 5.41) is 9.85. The highest BCUT2D eigenvalue weighted by Gasteiger charge is 2.29. The molecule has 3 nitrogen and oxygen atoms in total. The number of hydrogen-bond acceptors (Lipinski definition) is 4. The number of thiophene rings is 1. The van der Waals surface area contributed by atoms with E-state index in [-0.39, 0.29) is 5.91 Å². The first-order valence-corrected chi connectivity index (χ1v) is 8.63. The van der Waals surface area contributed by atoms with Crippen LogP contribution in [0.4, 0.5) is 0 Å². The third-order valence-corrected chi connectivity index (χ3v) is 5.67. The highest BCUT2D eigenvalue weighted by atomic mass is 35.5. The molecule has 6 heteroatoms. The monoisotopic (exact) mass is 319 g/mol. The molecule has 2 heterocycles. The molecule has 0 radical (unpaired) electrons. The molecule has 0 spiro atoms. The van der Waals surface area contributed by atoms with Gasteiger partial charge in [0.15, 0.2) is 0 Å². The standard InChI is InChI=1S/C13H18ClNO2S2/c1-13(17)4-6-15(7-5-13)12(16)9-18-8-10-2-3-11(14)19-10/h2-3,17H,4-9H2,1H3. The number of carbonyl (C=O) groups excluding carboxylic acids is 1. The zero-order valence-electron chi connectivity index (χ0n) is 10.9. The first kappa shape index (κ1) is 15.2. The Bertz CT molecular complexity index is 438. The first-order valence-electron chi connectivity index (χ1n) is 6.28. The maximum Gasteiger partial charge on any atom is 0.232 e. The summed E-state index contributed by atoms with van der Waals surface area (Å²) >= 11 is 9.04. The Morgan fingerprint density at radius 1 is 1.53 bits per heavy atom. The molecule has 1 fully saturated rings. The van der Waals surface area contributed by atoms with Crippen LogP contribution in [-0.2, 0) is 10.5 Å². The minimum Gasteiger partial charge on any atom is -0.390 e. The maximum atomic E-state index is 12.0. The van der Waals surface area contributed by atoms with Gasteiger partial charge >= 0.3 is 0 Å². The number of aliphatic hydroxyl groups is 1. The van der Waals surface area contributed by atoms with Crippen molar-refractivity contribution in [2.45, 2.75) is 31.1 Å². The zero-order chi connectivity index (χ0) is 13.9. The highest BCUT2D eigenvalue weighted by molar-refractivity contribution is 7.99. The van der Waals surface area contributed by atoms with Gasteiger partial charge in [0.05, 0.1) is 15.7 Å². The molecule has 0 bridgehead atoms. The molecule has 0 saturated carbocycles. The van der Waals surface area contributed by atoms with Gasteiger partial charge in [0.25, 0.3) is 0 Å². The Kier molecular flexibility index (Phi) is 5.17. The van der Waals surface area contributed by atoms with Crippen molar-refractivity contribution in [3.63, 3.8) is 0 Å². The average Bonchev–Trinajstić information content (AvgIpc) is 2.75. The molecule has 2 rings (SSSR count). The lowest BCUT2D eigenvalue weighted by atomic mass is 9.94. The van der Waals surface area contributed by atoms with Crippen molar-refractivity contribution in [1.29, 1.82) is 0 Å². The van der Waals surface area contributed by atoms with Crippen LogP contribution in [0.3, 0.4) is 0 Å². The molecule has 0 aliphatic carbocycles. The van der Waals surface area contributed by atoms with Crippen molar-refractivity contribution in [1.82, 2.24) is 4.90 Å². The Balaban J connectivity index is 1.70. The summed E-state index contributed by atoms with van der Waals surface area (Å²) in [6.07, 6.45) is 1.34. The van der Waals surface area contributed by atoms with E-state index < -0.39 is 5.60 Å². The molecule has 1 aromatic heterocycles. The molecular formula is C13H18ClNO2S2. The maximum absolute atomic E-state index is 12.0. The van der Waals surface area contributed by atoms with Crippen LogP contribution in [0, 0.1) is 0 Å². The molecule has 1 aliphatic heterocycles. The number of nitrogens with zero attached hydrogens (tertiary/aromatic N) is 1. The van der Waals surface area contributed by atoms with E-state index in [4.69, 9.17) is 11.6 Å². The summed E-state index contributed by atoms with van der Waals surface area (Å²) in [6.45, 7) is 3.17. The van der Waals surface area contributed by atoms with Crippen LogP contribution in [0.1, 0.15) is 24.6 Å². The normalized spacial score (nSPS) is 18.6. The van der Waals surface area contributed by atoms with Gasteiger partial charge in [-0.1, -0.05) is 11.6 Å². The van der Waals surface area contributed by atoms with Gasteiger partial charge in [0.1, 0.15) is 0 Å². The quantitative estimate of drug-likeness (QED) is 0.927. The van der Waals surface area contributed by atoms with Gasteiger partial charge in [0, 0.05) is 23.7 Å². The fourth-order valence-electron chi connectivity index (χ4n) is 2.00. The van der Waals surface area contributed by atoms with E-state index >= 15 is 0 Å². The van der Waals surface area contributed by atoms with Crippen molar-refractivity contribution >= 4 is 40.6 Å². The highest BCUT2D eigenvalue weighted by Crippen LogP contribution is 2.26. The molecule has 19 heavy (non-hydrogen) atoms. The van der Waals surface area contributed by atoms with Crippen LogP contribution >= 0.6 is 34.7 Å². The van der Waals surface area contributed by atoms with Crippen molar-refractivity contribution in [2.75, 3.05) is 18.8 Å². The molecule has 1 amide bonds. The van der Waals surface area contributed by atoms with Gasteiger partial charge in [-0.05, 0) is 31.9 Å². The third-order valence-electron chi connectivity index (χ3n) is 3.29. The largest absolute Gasteiger partial charge is 0.390 e. The molecule has 0 unspecified atom stereocenters. The fourth-order valence-corrected chi connectivity index (χ4v) is 4.12. The van der Waals surface area contributed by atoms with Crippen molar-refractivity contribution < 1.29 is 9.90 Å². The summed E-state index contributed by atoms with van der Waals surface area (Å²) in [6, 6.07) is 3.89. The van der Waals surface area contributed by atoms with E-state index in [2.05, 4.69) is 0 Å². The van der Waals surface area contributed by atoms with Crippen LogP contribution < -0.4 is 0 Å². The molecule has 1 N–H and O–H groups in total. The molecule has 1 aliphatic rings. The first-order chi connectivity index (χ1) is 8.96. The number of halogens is 1. The average molecular weight is 320 g/mol. The van der Waals surface area contributed by atoms with Gasteiger partial charge in [0.2, 0.25) is 5.91 Å². The minimum absolute atomic E-state index is 0.170. The van der Waals surface area contributed by atoms with Gasteiger partial charge in [-0.3, -0.25) is 4.79 Å². The zero-order valence-corrected chi connectivity index (χ0v) is 13.3. The second-order valence-electron chi connectivity index (χ2n) is 5.08. The molecular weight excluding hydrogens is 302 g/mol. The van der Waals surface area contributed by atoms with Crippen LogP contribution in [0.2, 0.25) is 4.34 Å². The number of thioether (sulfide) groups is 1. The number of piperidine rings is 1. The van der Waals surface area contributed by atoms with E-state index in [0.717, 1.165) is 10.1 Å². The summed E-state index contributed by atoms with van der Waals surface area (Å²) < 4.78 is 0.792. The number of hydrogen-bond donors (Lipinski definition) is 1. The van der Waals surface area contributed by atoms with Crippen LogP contribution in [-0.4, -0.2) is 40.4 Å². The molecule has 1 saturated heterocycles. The second kappa shape index (κ2) is 6.48. The molecule has 106 valence electrons. The Morgan fingerprint density at radius 2 is 2.21 bits per heavy atom. The SMILES string of the molecule is CC1(O)CCN(C(=O)CSCc2ccc(Cl)s2)CC1. The predicted octanol–water partition coefficient (Wildman–Crippen LogP) is 3.01. The van der Waals surface area contributed by atoms with Crippen molar-refractivity contribution in [2.24, 2.45) is 0 Å². The molecule has 0 atom stereocenters. The molecule has 1 aromatic rings. The number of rotatable bonds is 4. The number of amides is 1. The molecule has 0 aromatic carbocycles. The van der Waals surface area contributed by atoms with Gasteiger partial charge in [-0.15, -0.1) is 23.1 Å². The Labute approximate surface area is 126 Å². The lowest BCUT2D eigenvalue weighted by Gasteiger charge is -2.35. The second-order valence-corrected chi connectivity index (χ2v) is 7.86. The van der Waals surface area contributed by atoms with Crippen molar-refractivity contribution in [3.05, 3.63) is 21.3 Å². The van der Waals surface area contributed by atoms with Crippen LogP contribution in [0.15, 0.2) is 12.1 Å². The van der Waals surface area contributed by atoms with Crippen LogP contribution in [0.25, 0.3) is 0 Å². The van der Waals surface area contributed by atoms with Gasteiger partial charge in [-0.25, -0.2) is 0 Å².